The largest absolute Gasteiger partial charge is 0.324 e. The van der Waals surface area contributed by atoms with Gasteiger partial charge in [-0.25, -0.2) is 0 Å². The number of rotatable bonds is 1. The number of amides is 1. The van der Waals surface area contributed by atoms with Crippen LogP contribution in [-0.2, 0) is 9.59 Å². The van der Waals surface area contributed by atoms with Gasteiger partial charge >= 0.3 is 0 Å². The summed E-state index contributed by atoms with van der Waals surface area (Å²) in [6.07, 6.45) is 2.41. The van der Waals surface area contributed by atoms with E-state index in [-0.39, 0.29) is 22.9 Å². The summed E-state index contributed by atoms with van der Waals surface area (Å²) in [5.74, 6) is 0.138. The Kier molecular flexibility index (Phi) is 2.67. The molecule has 3 rings (SSSR count). The number of hydrogen-bond donors (Lipinski definition) is 1. The Morgan fingerprint density at radius 3 is 2.82 bits per heavy atom. The zero-order valence-electron chi connectivity index (χ0n) is 9.31. The standard InChI is InChI=1S/C13H13NO2S/c15-10-6-3-4-8(10)12-13(16)14-9-5-1-2-7-11(9)17-12/h1-2,5,7-8,12H,3-4,6H2,(H,14,16)/t8-,12-/m0/s1. The summed E-state index contributed by atoms with van der Waals surface area (Å²) in [6.45, 7) is 0. The van der Waals surface area contributed by atoms with Crippen LogP contribution >= 0.6 is 11.8 Å². The van der Waals surface area contributed by atoms with E-state index in [4.69, 9.17) is 0 Å². The van der Waals surface area contributed by atoms with Gasteiger partial charge in [-0.3, -0.25) is 9.59 Å². The van der Waals surface area contributed by atoms with Gasteiger partial charge < -0.3 is 5.32 Å². The second kappa shape index (κ2) is 4.18. The summed E-state index contributed by atoms with van der Waals surface area (Å²) in [4.78, 5) is 24.8. The van der Waals surface area contributed by atoms with Crippen LogP contribution < -0.4 is 5.32 Å². The van der Waals surface area contributed by atoms with Gasteiger partial charge in [0.15, 0.2) is 0 Å². The Morgan fingerprint density at radius 1 is 1.24 bits per heavy atom. The molecule has 1 aliphatic carbocycles. The van der Waals surface area contributed by atoms with Crippen LogP contribution in [0.5, 0.6) is 0 Å². The number of nitrogens with one attached hydrogen (secondary N) is 1. The van der Waals surface area contributed by atoms with E-state index in [0.29, 0.717) is 6.42 Å². The molecule has 1 aromatic rings. The van der Waals surface area contributed by atoms with Crippen LogP contribution in [-0.4, -0.2) is 16.9 Å². The van der Waals surface area contributed by atoms with E-state index in [1.54, 1.807) is 0 Å². The third-order valence-electron chi connectivity index (χ3n) is 3.37. The number of hydrogen-bond acceptors (Lipinski definition) is 3. The van der Waals surface area contributed by atoms with Crippen LogP contribution in [0.2, 0.25) is 0 Å². The van der Waals surface area contributed by atoms with E-state index < -0.39 is 0 Å². The maximum Gasteiger partial charge on any atom is 0.238 e. The number of benzene rings is 1. The molecule has 1 saturated carbocycles. The summed E-state index contributed by atoms with van der Waals surface area (Å²) in [5.41, 5.74) is 0.865. The Morgan fingerprint density at radius 2 is 2.06 bits per heavy atom. The molecule has 0 bridgehead atoms. The fraction of sp³-hybridized carbons (Fsp3) is 0.385. The van der Waals surface area contributed by atoms with Crippen molar-refractivity contribution in [3.05, 3.63) is 24.3 Å². The SMILES string of the molecule is O=C1Nc2ccccc2S[C@H]1[C@H]1CCCC1=O. The van der Waals surface area contributed by atoms with E-state index in [9.17, 15) is 9.59 Å². The maximum atomic E-state index is 12.0. The minimum absolute atomic E-state index is 0.0195. The van der Waals surface area contributed by atoms with Gasteiger partial charge in [0, 0.05) is 17.2 Å². The number of carbonyl (C=O) groups excluding carboxylic acids is 2. The van der Waals surface area contributed by atoms with Gasteiger partial charge in [0.25, 0.3) is 0 Å². The minimum Gasteiger partial charge on any atom is -0.324 e. The Bertz CT molecular complexity index is 486. The van der Waals surface area contributed by atoms with Crippen LogP contribution in [0.3, 0.4) is 0 Å². The van der Waals surface area contributed by atoms with Gasteiger partial charge in [0.05, 0.1) is 10.9 Å². The minimum atomic E-state index is -0.236. The summed E-state index contributed by atoms with van der Waals surface area (Å²) in [7, 11) is 0. The molecular weight excluding hydrogens is 234 g/mol. The summed E-state index contributed by atoms with van der Waals surface area (Å²) >= 11 is 1.53. The summed E-state index contributed by atoms with van der Waals surface area (Å²) < 4.78 is 0. The molecule has 1 N–H and O–H groups in total. The normalized spacial score (nSPS) is 27.8. The summed E-state index contributed by atoms with van der Waals surface area (Å²) in [5, 5.41) is 2.66. The molecule has 1 aromatic carbocycles. The molecule has 0 aromatic heterocycles. The van der Waals surface area contributed by atoms with Crippen molar-refractivity contribution in [3.8, 4) is 0 Å². The van der Waals surface area contributed by atoms with Crippen molar-refractivity contribution in [1.82, 2.24) is 0 Å². The van der Waals surface area contributed by atoms with E-state index in [0.717, 1.165) is 23.4 Å². The van der Waals surface area contributed by atoms with E-state index in [1.165, 1.54) is 11.8 Å². The Labute approximate surface area is 104 Å². The first kappa shape index (κ1) is 10.8. The van der Waals surface area contributed by atoms with Crippen LogP contribution in [0.25, 0.3) is 0 Å². The number of ketones is 1. The first-order valence-electron chi connectivity index (χ1n) is 5.85. The molecular formula is C13H13NO2S. The second-order valence-corrected chi connectivity index (χ2v) is 5.67. The topological polar surface area (TPSA) is 46.2 Å². The van der Waals surface area contributed by atoms with Crippen molar-refractivity contribution in [3.63, 3.8) is 0 Å². The van der Waals surface area contributed by atoms with Crippen molar-refractivity contribution in [2.75, 3.05) is 5.32 Å². The van der Waals surface area contributed by atoms with Gasteiger partial charge in [0.1, 0.15) is 5.78 Å². The highest BCUT2D eigenvalue weighted by molar-refractivity contribution is 8.01. The molecule has 1 fully saturated rings. The lowest BCUT2D eigenvalue weighted by Crippen LogP contribution is -2.36. The molecule has 4 heteroatoms. The molecule has 0 radical (unpaired) electrons. The number of fused-ring (bicyclic) bond motifs is 1. The molecule has 1 amide bonds. The highest BCUT2D eigenvalue weighted by Gasteiger charge is 2.39. The lowest BCUT2D eigenvalue weighted by molar-refractivity contribution is -0.124. The van der Waals surface area contributed by atoms with Crippen molar-refractivity contribution in [2.24, 2.45) is 5.92 Å². The van der Waals surface area contributed by atoms with Crippen molar-refractivity contribution in [1.29, 1.82) is 0 Å². The van der Waals surface area contributed by atoms with Crippen LogP contribution in [0.15, 0.2) is 29.2 Å². The summed E-state index contributed by atoms with van der Waals surface area (Å²) in [6, 6.07) is 7.75. The molecule has 0 spiro atoms. The quantitative estimate of drug-likeness (QED) is 0.829. The number of para-hydroxylation sites is 1. The molecule has 1 aliphatic heterocycles. The fourth-order valence-electron chi connectivity index (χ4n) is 2.49. The molecule has 0 saturated heterocycles. The Hall–Kier alpha value is -1.29. The van der Waals surface area contributed by atoms with Gasteiger partial charge in [-0.2, -0.15) is 0 Å². The molecule has 88 valence electrons. The van der Waals surface area contributed by atoms with E-state index in [2.05, 4.69) is 5.32 Å². The highest BCUT2D eigenvalue weighted by atomic mass is 32.2. The lowest BCUT2D eigenvalue weighted by atomic mass is 10.0. The van der Waals surface area contributed by atoms with Crippen LogP contribution in [0, 0.1) is 5.92 Å². The third-order valence-corrected chi connectivity index (χ3v) is 4.78. The number of anilines is 1. The second-order valence-electron chi connectivity index (χ2n) is 4.49. The highest BCUT2D eigenvalue weighted by Crippen LogP contribution is 2.41. The van der Waals surface area contributed by atoms with Crippen molar-refractivity contribution >= 4 is 29.1 Å². The zero-order chi connectivity index (χ0) is 11.8. The smallest absolute Gasteiger partial charge is 0.238 e. The first-order chi connectivity index (χ1) is 8.25. The first-order valence-corrected chi connectivity index (χ1v) is 6.73. The number of Topliss-reactive ketones (excluding diaryl/α,β-unsaturated/α-hetero) is 1. The van der Waals surface area contributed by atoms with E-state index in [1.807, 2.05) is 24.3 Å². The molecule has 2 atom stereocenters. The molecule has 2 aliphatic rings. The van der Waals surface area contributed by atoms with Gasteiger partial charge in [0.2, 0.25) is 5.91 Å². The maximum absolute atomic E-state index is 12.0. The fourth-order valence-corrected chi connectivity index (χ4v) is 3.79. The number of carbonyl (C=O) groups is 2. The van der Waals surface area contributed by atoms with Crippen LogP contribution in [0.4, 0.5) is 5.69 Å². The molecule has 0 unspecified atom stereocenters. The van der Waals surface area contributed by atoms with Crippen LogP contribution in [0.1, 0.15) is 19.3 Å². The van der Waals surface area contributed by atoms with Crippen molar-refractivity contribution in [2.45, 2.75) is 29.4 Å². The third kappa shape index (κ3) is 1.86. The van der Waals surface area contributed by atoms with Gasteiger partial charge in [-0.15, -0.1) is 11.8 Å². The lowest BCUT2D eigenvalue weighted by Gasteiger charge is -2.27. The van der Waals surface area contributed by atoms with Crippen molar-refractivity contribution < 1.29 is 9.59 Å². The zero-order valence-corrected chi connectivity index (χ0v) is 10.1. The molecule has 1 heterocycles. The van der Waals surface area contributed by atoms with E-state index >= 15 is 0 Å². The Balaban J connectivity index is 1.89. The molecule has 3 nitrogen and oxygen atoms in total. The predicted molar refractivity (Wildman–Crippen MR) is 67.1 cm³/mol. The number of thioether (sulfide) groups is 1. The average molecular weight is 247 g/mol. The monoisotopic (exact) mass is 247 g/mol. The predicted octanol–water partition coefficient (Wildman–Crippen LogP) is 2.47. The van der Waals surface area contributed by atoms with Gasteiger partial charge in [-0.1, -0.05) is 12.1 Å². The molecule has 17 heavy (non-hydrogen) atoms. The average Bonchev–Trinajstić information content (AvgIpc) is 2.74. The van der Waals surface area contributed by atoms with Gasteiger partial charge in [-0.05, 0) is 25.0 Å².